The van der Waals surface area contributed by atoms with Crippen molar-refractivity contribution < 1.29 is 0 Å². The number of hydrogen-bond donors (Lipinski definition) is 1. The standard InChI is InChI=1S/C13H24N2S/c1-4-5-8-15(3)12(2)10-14-11-13-7-6-9-16-13/h6-7,9,12,14H,4-5,8,10-11H2,1-3H3. The number of thiophene rings is 1. The van der Waals surface area contributed by atoms with E-state index in [2.05, 4.69) is 48.6 Å². The van der Waals surface area contributed by atoms with Crippen LogP contribution >= 0.6 is 11.3 Å². The lowest BCUT2D eigenvalue weighted by Crippen LogP contribution is -2.38. The van der Waals surface area contributed by atoms with Crippen LogP contribution in [0.2, 0.25) is 0 Å². The van der Waals surface area contributed by atoms with Crippen LogP contribution in [-0.2, 0) is 6.54 Å². The van der Waals surface area contributed by atoms with Gasteiger partial charge in [0.25, 0.3) is 0 Å². The van der Waals surface area contributed by atoms with Crippen LogP contribution in [0.1, 0.15) is 31.6 Å². The van der Waals surface area contributed by atoms with Gasteiger partial charge in [0.05, 0.1) is 0 Å². The Morgan fingerprint density at radius 1 is 1.50 bits per heavy atom. The first-order valence-corrected chi connectivity index (χ1v) is 7.05. The van der Waals surface area contributed by atoms with Crippen molar-refractivity contribution in [2.24, 2.45) is 0 Å². The van der Waals surface area contributed by atoms with Gasteiger partial charge in [0, 0.05) is 24.0 Å². The average Bonchev–Trinajstić information content (AvgIpc) is 2.78. The van der Waals surface area contributed by atoms with Gasteiger partial charge in [0.2, 0.25) is 0 Å². The monoisotopic (exact) mass is 240 g/mol. The Kier molecular flexibility index (Phi) is 6.69. The Hall–Kier alpha value is -0.380. The zero-order valence-electron chi connectivity index (χ0n) is 10.7. The number of unbranched alkanes of at least 4 members (excludes halogenated alkanes) is 1. The third kappa shape index (κ3) is 5.10. The molecule has 0 bridgehead atoms. The van der Waals surface area contributed by atoms with Gasteiger partial charge in [-0.2, -0.15) is 0 Å². The molecular formula is C13H24N2S. The highest BCUT2D eigenvalue weighted by Gasteiger charge is 2.07. The molecule has 2 nitrogen and oxygen atoms in total. The molecule has 92 valence electrons. The average molecular weight is 240 g/mol. The molecule has 0 amide bonds. The minimum Gasteiger partial charge on any atom is -0.310 e. The van der Waals surface area contributed by atoms with Gasteiger partial charge >= 0.3 is 0 Å². The first kappa shape index (κ1) is 13.7. The minimum atomic E-state index is 0.617. The van der Waals surface area contributed by atoms with Gasteiger partial charge in [-0.3, -0.25) is 0 Å². The van der Waals surface area contributed by atoms with Crippen molar-refractivity contribution in [3.63, 3.8) is 0 Å². The second-order valence-electron chi connectivity index (χ2n) is 4.39. The Morgan fingerprint density at radius 3 is 2.94 bits per heavy atom. The molecule has 0 aliphatic rings. The Balaban J connectivity index is 2.11. The maximum atomic E-state index is 3.51. The predicted octanol–water partition coefficient (Wildman–Crippen LogP) is 2.96. The fraction of sp³-hybridized carbons (Fsp3) is 0.692. The fourth-order valence-corrected chi connectivity index (χ4v) is 2.28. The quantitative estimate of drug-likeness (QED) is 0.751. The second kappa shape index (κ2) is 7.82. The summed E-state index contributed by atoms with van der Waals surface area (Å²) < 4.78 is 0. The molecule has 0 aliphatic carbocycles. The van der Waals surface area contributed by atoms with Crippen LogP contribution in [0.15, 0.2) is 17.5 Å². The molecule has 0 radical (unpaired) electrons. The third-order valence-electron chi connectivity index (χ3n) is 2.94. The summed E-state index contributed by atoms with van der Waals surface area (Å²) in [5.41, 5.74) is 0. The molecule has 0 aromatic carbocycles. The fourth-order valence-electron chi connectivity index (χ4n) is 1.60. The van der Waals surface area contributed by atoms with Crippen molar-refractivity contribution in [2.75, 3.05) is 20.1 Å². The lowest BCUT2D eigenvalue weighted by molar-refractivity contribution is 0.247. The molecule has 1 heterocycles. The summed E-state index contributed by atoms with van der Waals surface area (Å²) in [6, 6.07) is 4.91. The first-order valence-electron chi connectivity index (χ1n) is 6.17. The summed E-state index contributed by atoms with van der Waals surface area (Å²) >= 11 is 1.82. The van der Waals surface area contributed by atoms with Crippen LogP contribution < -0.4 is 5.32 Å². The summed E-state index contributed by atoms with van der Waals surface area (Å²) in [7, 11) is 2.22. The van der Waals surface area contributed by atoms with Gasteiger partial charge in [-0.05, 0) is 38.4 Å². The number of rotatable bonds is 8. The molecule has 0 saturated heterocycles. The molecule has 3 heteroatoms. The van der Waals surface area contributed by atoms with Crippen LogP contribution in [0.3, 0.4) is 0 Å². The van der Waals surface area contributed by atoms with Gasteiger partial charge in [-0.15, -0.1) is 11.3 Å². The predicted molar refractivity (Wildman–Crippen MR) is 73.0 cm³/mol. The molecule has 0 saturated carbocycles. The zero-order chi connectivity index (χ0) is 11.8. The normalized spacial score (nSPS) is 13.2. The molecule has 0 fully saturated rings. The van der Waals surface area contributed by atoms with E-state index in [4.69, 9.17) is 0 Å². The molecule has 16 heavy (non-hydrogen) atoms. The lowest BCUT2D eigenvalue weighted by Gasteiger charge is -2.24. The topological polar surface area (TPSA) is 15.3 Å². The van der Waals surface area contributed by atoms with Crippen molar-refractivity contribution >= 4 is 11.3 Å². The minimum absolute atomic E-state index is 0.617. The lowest BCUT2D eigenvalue weighted by atomic mass is 10.2. The van der Waals surface area contributed by atoms with Crippen molar-refractivity contribution in [2.45, 2.75) is 39.3 Å². The Morgan fingerprint density at radius 2 is 2.31 bits per heavy atom. The van der Waals surface area contributed by atoms with Crippen LogP contribution in [0.5, 0.6) is 0 Å². The molecule has 1 aromatic rings. The van der Waals surface area contributed by atoms with E-state index in [1.807, 2.05) is 11.3 Å². The number of hydrogen-bond acceptors (Lipinski definition) is 3. The highest BCUT2D eigenvalue weighted by molar-refractivity contribution is 7.09. The van der Waals surface area contributed by atoms with Gasteiger partial charge in [0.1, 0.15) is 0 Å². The third-order valence-corrected chi connectivity index (χ3v) is 3.81. The van der Waals surface area contributed by atoms with Gasteiger partial charge in [0.15, 0.2) is 0 Å². The molecule has 1 N–H and O–H groups in total. The maximum absolute atomic E-state index is 3.51. The maximum Gasteiger partial charge on any atom is 0.0300 e. The van der Waals surface area contributed by atoms with E-state index in [0.29, 0.717) is 6.04 Å². The van der Waals surface area contributed by atoms with E-state index in [0.717, 1.165) is 13.1 Å². The van der Waals surface area contributed by atoms with Crippen molar-refractivity contribution in [3.8, 4) is 0 Å². The van der Waals surface area contributed by atoms with Crippen molar-refractivity contribution in [1.82, 2.24) is 10.2 Å². The van der Waals surface area contributed by atoms with E-state index in [1.54, 1.807) is 0 Å². The summed E-state index contributed by atoms with van der Waals surface area (Å²) in [4.78, 5) is 3.86. The smallest absolute Gasteiger partial charge is 0.0300 e. The highest BCUT2D eigenvalue weighted by Crippen LogP contribution is 2.07. The van der Waals surface area contributed by atoms with E-state index < -0.39 is 0 Å². The Bertz CT molecular complexity index is 259. The van der Waals surface area contributed by atoms with E-state index in [1.165, 1.54) is 24.3 Å². The Labute approximate surface area is 104 Å². The molecule has 1 rings (SSSR count). The van der Waals surface area contributed by atoms with Crippen LogP contribution in [0, 0.1) is 0 Å². The first-order chi connectivity index (χ1) is 7.74. The molecule has 0 spiro atoms. The number of nitrogens with zero attached hydrogens (tertiary/aromatic N) is 1. The second-order valence-corrected chi connectivity index (χ2v) is 5.43. The molecular weight excluding hydrogens is 216 g/mol. The number of likely N-dealkylation sites (N-methyl/N-ethyl adjacent to an activating group) is 1. The zero-order valence-corrected chi connectivity index (χ0v) is 11.5. The van der Waals surface area contributed by atoms with Gasteiger partial charge in [-0.25, -0.2) is 0 Å². The highest BCUT2D eigenvalue weighted by atomic mass is 32.1. The van der Waals surface area contributed by atoms with Crippen molar-refractivity contribution in [3.05, 3.63) is 22.4 Å². The molecule has 1 aromatic heterocycles. The molecule has 0 aliphatic heterocycles. The largest absolute Gasteiger partial charge is 0.310 e. The SMILES string of the molecule is CCCCN(C)C(C)CNCc1cccs1. The summed E-state index contributed by atoms with van der Waals surface area (Å²) in [6.07, 6.45) is 2.57. The van der Waals surface area contributed by atoms with Crippen LogP contribution in [0.4, 0.5) is 0 Å². The van der Waals surface area contributed by atoms with Gasteiger partial charge < -0.3 is 10.2 Å². The number of nitrogens with one attached hydrogen (secondary N) is 1. The van der Waals surface area contributed by atoms with E-state index in [-0.39, 0.29) is 0 Å². The molecule has 1 unspecified atom stereocenters. The van der Waals surface area contributed by atoms with Gasteiger partial charge in [-0.1, -0.05) is 19.4 Å². The molecule has 1 atom stereocenters. The van der Waals surface area contributed by atoms with E-state index in [9.17, 15) is 0 Å². The summed E-state index contributed by atoms with van der Waals surface area (Å²) in [6.45, 7) is 7.81. The van der Waals surface area contributed by atoms with E-state index >= 15 is 0 Å². The van der Waals surface area contributed by atoms with Crippen LogP contribution in [0.25, 0.3) is 0 Å². The van der Waals surface area contributed by atoms with Crippen molar-refractivity contribution in [1.29, 1.82) is 0 Å². The van der Waals surface area contributed by atoms with Crippen LogP contribution in [-0.4, -0.2) is 31.1 Å². The summed E-state index contributed by atoms with van der Waals surface area (Å²) in [5.74, 6) is 0. The summed E-state index contributed by atoms with van der Waals surface area (Å²) in [5, 5.41) is 5.65.